The van der Waals surface area contributed by atoms with Gasteiger partial charge >= 0.3 is 0 Å². The van der Waals surface area contributed by atoms with Gasteiger partial charge in [-0.25, -0.2) is 0 Å². The summed E-state index contributed by atoms with van der Waals surface area (Å²) in [5.74, 6) is 0. The van der Waals surface area contributed by atoms with Gasteiger partial charge in [-0.2, -0.15) is 0 Å². The van der Waals surface area contributed by atoms with E-state index in [2.05, 4.69) is 18.8 Å². The van der Waals surface area contributed by atoms with E-state index in [0.29, 0.717) is 0 Å². The summed E-state index contributed by atoms with van der Waals surface area (Å²) < 4.78 is 0. The van der Waals surface area contributed by atoms with Crippen LogP contribution < -0.4 is 5.32 Å². The Bertz CT molecular complexity index is 154. The Balaban J connectivity index is 2.88. The van der Waals surface area contributed by atoms with Gasteiger partial charge < -0.3 is 5.32 Å². The number of hydrogen-bond donors (Lipinski definition) is 1. The van der Waals surface area contributed by atoms with Crippen LogP contribution in [0, 0.1) is 0 Å². The minimum Gasteiger partial charge on any atom is -0.313 e. The number of hydrogen-bond acceptors (Lipinski definition) is 1. The number of rotatable bonds is 15. The van der Waals surface area contributed by atoms with Crippen LogP contribution in [-0.2, 0) is 0 Å². The summed E-state index contributed by atoms with van der Waals surface area (Å²) in [7, 11) is 0. The Morgan fingerprint density at radius 3 is 1.61 bits per heavy atom. The highest BCUT2D eigenvalue weighted by molar-refractivity contribution is 4.69. The fourth-order valence-electron chi connectivity index (χ4n) is 2.30. The molecule has 0 radical (unpaired) electrons. The van der Waals surface area contributed by atoms with Crippen molar-refractivity contribution < 1.29 is 0 Å². The third-order valence-corrected chi connectivity index (χ3v) is 3.50. The summed E-state index contributed by atoms with van der Waals surface area (Å²) in [4.78, 5) is 0. The van der Waals surface area contributed by atoms with Gasteiger partial charge in [-0.05, 0) is 13.0 Å². The van der Waals surface area contributed by atoms with Crippen LogP contribution in [-0.4, -0.2) is 13.1 Å². The summed E-state index contributed by atoms with van der Waals surface area (Å²) in [5.41, 5.74) is 0. The molecule has 0 aromatic carbocycles. The SMILES string of the molecule is C=CCNCCCCCCCCCCCCCC. The molecule has 0 fully saturated rings. The van der Waals surface area contributed by atoms with Crippen LogP contribution in [0.2, 0.25) is 0 Å². The highest BCUT2D eigenvalue weighted by atomic mass is 14.8. The molecule has 0 saturated heterocycles. The lowest BCUT2D eigenvalue weighted by Gasteiger charge is -2.03. The lowest BCUT2D eigenvalue weighted by atomic mass is 10.1. The van der Waals surface area contributed by atoms with Crippen molar-refractivity contribution in [3.8, 4) is 0 Å². The summed E-state index contributed by atoms with van der Waals surface area (Å²) in [6, 6.07) is 0. The third-order valence-electron chi connectivity index (χ3n) is 3.50. The molecule has 0 heterocycles. The van der Waals surface area contributed by atoms with E-state index >= 15 is 0 Å². The molecular formula is C17H35N. The van der Waals surface area contributed by atoms with E-state index in [1.54, 1.807) is 0 Å². The Morgan fingerprint density at radius 2 is 1.17 bits per heavy atom. The van der Waals surface area contributed by atoms with Crippen molar-refractivity contribution in [1.82, 2.24) is 5.32 Å². The fourth-order valence-corrected chi connectivity index (χ4v) is 2.30. The largest absolute Gasteiger partial charge is 0.313 e. The molecule has 0 spiro atoms. The van der Waals surface area contributed by atoms with Gasteiger partial charge in [0.2, 0.25) is 0 Å². The summed E-state index contributed by atoms with van der Waals surface area (Å²) in [5, 5.41) is 3.35. The van der Waals surface area contributed by atoms with Crippen LogP contribution in [0.3, 0.4) is 0 Å². The average Bonchev–Trinajstić information content (AvgIpc) is 2.39. The zero-order valence-corrected chi connectivity index (χ0v) is 12.7. The minimum absolute atomic E-state index is 0.956. The summed E-state index contributed by atoms with van der Waals surface area (Å²) in [6.45, 7) is 8.09. The maximum Gasteiger partial charge on any atom is 0.0132 e. The molecule has 0 atom stereocenters. The molecular weight excluding hydrogens is 218 g/mol. The van der Waals surface area contributed by atoms with Gasteiger partial charge in [0, 0.05) is 6.54 Å². The Hall–Kier alpha value is -0.300. The van der Waals surface area contributed by atoms with Gasteiger partial charge in [-0.3, -0.25) is 0 Å². The van der Waals surface area contributed by atoms with Crippen molar-refractivity contribution in [2.75, 3.05) is 13.1 Å². The number of unbranched alkanes of at least 4 members (excludes halogenated alkanes) is 11. The number of nitrogens with one attached hydrogen (secondary N) is 1. The van der Waals surface area contributed by atoms with Crippen molar-refractivity contribution >= 4 is 0 Å². The van der Waals surface area contributed by atoms with Crippen molar-refractivity contribution in [2.24, 2.45) is 0 Å². The van der Waals surface area contributed by atoms with Crippen LogP contribution in [0.5, 0.6) is 0 Å². The first kappa shape index (κ1) is 17.7. The Kier molecular flexibility index (Phi) is 16.4. The molecule has 0 aliphatic rings. The second-order valence-corrected chi connectivity index (χ2v) is 5.38. The Morgan fingerprint density at radius 1 is 0.722 bits per heavy atom. The van der Waals surface area contributed by atoms with Crippen molar-refractivity contribution in [1.29, 1.82) is 0 Å². The fraction of sp³-hybridized carbons (Fsp3) is 0.882. The zero-order chi connectivity index (χ0) is 13.3. The predicted molar refractivity (Wildman–Crippen MR) is 84.1 cm³/mol. The zero-order valence-electron chi connectivity index (χ0n) is 12.7. The molecule has 18 heavy (non-hydrogen) atoms. The molecule has 0 aliphatic carbocycles. The molecule has 0 aromatic heterocycles. The molecule has 0 amide bonds. The molecule has 1 N–H and O–H groups in total. The first-order chi connectivity index (χ1) is 8.91. The Labute approximate surface area is 115 Å². The van der Waals surface area contributed by atoms with Gasteiger partial charge in [0.05, 0.1) is 0 Å². The monoisotopic (exact) mass is 253 g/mol. The molecule has 0 unspecified atom stereocenters. The smallest absolute Gasteiger partial charge is 0.0132 e. The highest BCUT2D eigenvalue weighted by Gasteiger charge is 1.93. The maximum atomic E-state index is 3.70. The quantitative estimate of drug-likeness (QED) is 0.302. The molecule has 0 bridgehead atoms. The first-order valence-electron chi connectivity index (χ1n) is 8.23. The summed E-state index contributed by atoms with van der Waals surface area (Å²) >= 11 is 0. The second-order valence-electron chi connectivity index (χ2n) is 5.38. The van der Waals surface area contributed by atoms with Crippen molar-refractivity contribution in [3.05, 3.63) is 12.7 Å². The molecule has 1 heteroatoms. The molecule has 0 aromatic rings. The molecule has 108 valence electrons. The topological polar surface area (TPSA) is 12.0 Å². The molecule has 0 rings (SSSR count). The second kappa shape index (κ2) is 16.7. The van der Waals surface area contributed by atoms with E-state index in [1.165, 1.54) is 77.0 Å². The lowest BCUT2D eigenvalue weighted by Crippen LogP contribution is -2.14. The van der Waals surface area contributed by atoms with Gasteiger partial charge in [-0.15, -0.1) is 6.58 Å². The van der Waals surface area contributed by atoms with Gasteiger partial charge in [0.25, 0.3) is 0 Å². The van der Waals surface area contributed by atoms with E-state index in [9.17, 15) is 0 Å². The standard InChI is InChI=1S/C17H35N/c1-3-5-6-7-8-9-10-11-12-13-14-15-17-18-16-4-2/h4,18H,2-3,5-17H2,1H3. The normalized spacial score (nSPS) is 10.7. The molecule has 0 aliphatic heterocycles. The van der Waals surface area contributed by atoms with E-state index < -0.39 is 0 Å². The van der Waals surface area contributed by atoms with Gasteiger partial charge in [0.15, 0.2) is 0 Å². The van der Waals surface area contributed by atoms with Crippen molar-refractivity contribution in [3.63, 3.8) is 0 Å². The summed E-state index contributed by atoms with van der Waals surface area (Å²) in [6.07, 6.45) is 19.1. The molecule has 0 saturated carbocycles. The first-order valence-corrected chi connectivity index (χ1v) is 8.23. The predicted octanol–water partition coefficient (Wildman–Crippen LogP) is 5.46. The van der Waals surface area contributed by atoms with Crippen LogP contribution >= 0.6 is 0 Å². The third kappa shape index (κ3) is 15.7. The average molecular weight is 253 g/mol. The van der Waals surface area contributed by atoms with Crippen LogP contribution in [0.1, 0.15) is 84.0 Å². The minimum atomic E-state index is 0.956. The molecule has 1 nitrogen and oxygen atoms in total. The lowest BCUT2D eigenvalue weighted by molar-refractivity contribution is 0.539. The van der Waals surface area contributed by atoms with E-state index in [-0.39, 0.29) is 0 Å². The van der Waals surface area contributed by atoms with Crippen molar-refractivity contribution in [2.45, 2.75) is 84.0 Å². The van der Waals surface area contributed by atoms with Crippen LogP contribution in [0.4, 0.5) is 0 Å². The van der Waals surface area contributed by atoms with E-state index in [1.807, 2.05) is 6.08 Å². The highest BCUT2D eigenvalue weighted by Crippen LogP contribution is 2.11. The van der Waals surface area contributed by atoms with Crippen LogP contribution in [0.25, 0.3) is 0 Å². The van der Waals surface area contributed by atoms with Gasteiger partial charge in [-0.1, -0.05) is 83.6 Å². The van der Waals surface area contributed by atoms with E-state index in [0.717, 1.165) is 13.1 Å². The van der Waals surface area contributed by atoms with E-state index in [4.69, 9.17) is 0 Å². The maximum absolute atomic E-state index is 3.70. The van der Waals surface area contributed by atoms with Crippen LogP contribution in [0.15, 0.2) is 12.7 Å². The van der Waals surface area contributed by atoms with Gasteiger partial charge in [0.1, 0.15) is 0 Å².